The first-order valence-corrected chi connectivity index (χ1v) is 6.23. The van der Waals surface area contributed by atoms with Gasteiger partial charge in [0.05, 0.1) is 17.9 Å². The Bertz CT molecular complexity index is 486. The van der Waals surface area contributed by atoms with Crippen LogP contribution in [0.4, 0.5) is 0 Å². The van der Waals surface area contributed by atoms with Crippen LogP contribution < -0.4 is 5.73 Å². The second-order valence-electron chi connectivity index (χ2n) is 4.11. The Labute approximate surface area is 114 Å². The number of hydrogen-bond acceptors (Lipinski definition) is 4. The molecule has 4 nitrogen and oxygen atoms in total. The van der Waals surface area contributed by atoms with Gasteiger partial charge in [-0.1, -0.05) is 30.3 Å². The lowest BCUT2D eigenvalue weighted by Crippen LogP contribution is -2.22. The fraction of sp³-hybridized carbons (Fsp3) is 0.333. The fourth-order valence-electron chi connectivity index (χ4n) is 1.78. The van der Waals surface area contributed by atoms with E-state index in [9.17, 15) is 4.79 Å². The van der Waals surface area contributed by atoms with Crippen LogP contribution in [0.25, 0.3) is 0 Å². The molecular formula is C15H20N2O2. The zero-order valence-electron chi connectivity index (χ0n) is 11.6. The number of nitrogens with two attached hydrogens (primary N) is 1. The van der Waals surface area contributed by atoms with Crippen molar-refractivity contribution in [1.82, 2.24) is 0 Å². The van der Waals surface area contributed by atoms with E-state index in [1.807, 2.05) is 30.3 Å². The quantitative estimate of drug-likeness (QED) is 0.501. The number of rotatable bonds is 5. The predicted octanol–water partition coefficient (Wildman–Crippen LogP) is 2.10. The Morgan fingerprint density at radius 3 is 2.42 bits per heavy atom. The van der Waals surface area contributed by atoms with E-state index < -0.39 is 5.97 Å². The number of esters is 1. The van der Waals surface area contributed by atoms with E-state index in [1.165, 1.54) is 0 Å². The minimum Gasteiger partial charge on any atom is -0.462 e. The molecule has 0 saturated carbocycles. The lowest BCUT2D eigenvalue weighted by atomic mass is 10.0. The summed E-state index contributed by atoms with van der Waals surface area (Å²) in [6, 6.07) is 9.82. The first-order chi connectivity index (χ1) is 9.10. The smallest absolute Gasteiger partial charge is 0.341 e. The molecule has 0 bridgehead atoms. The lowest BCUT2D eigenvalue weighted by Gasteiger charge is -2.11. The van der Waals surface area contributed by atoms with Crippen LogP contribution in [0.1, 0.15) is 19.4 Å². The van der Waals surface area contributed by atoms with E-state index in [-0.39, 0.29) is 0 Å². The lowest BCUT2D eigenvalue weighted by molar-refractivity contribution is -0.137. The molecule has 0 aliphatic rings. The maximum absolute atomic E-state index is 11.9. The van der Waals surface area contributed by atoms with Crippen LogP contribution in [-0.4, -0.2) is 25.3 Å². The minimum absolute atomic E-state index is 0.317. The van der Waals surface area contributed by atoms with E-state index in [1.54, 1.807) is 20.9 Å². The van der Waals surface area contributed by atoms with Crippen LogP contribution >= 0.6 is 0 Å². The molecule has 0 fully saturated rings. The Morgan fingerprint density at radius 2 is 1.95 bits per heavy atom. The molecule has 1 aromatic rings. The Kier molecular flexibility index (Phi) is 5.79. The molecule has 0 spiro atoms. The summed E-state index contributed by atoms with van der Waals surface area (Å²) in [7, 11) is 1.65. The standard InChI is InChI=1S/C15H20N2O2/c1-4-19-15(18)14(11(2)16)13(17-3)10-12-8-6-5-7-9-12/h5-9H,4,10,16H2,1-3H3. The molecule has 2 N–H and O–H groups in total. The van der Waals surface area contributed by atoms with Crippen molar-refractivity contribution in [3.8, 4) is 0 Å². The third kappa shape index (κ3) is 4.25. The van der Waals surface area contributed by atoms with Crippen molar-refractivity contribution >= 4 is 11.7 Å². The zero-order valence-corrected chi connectivity index (χ0v) is 11.6. The summed E-state index contributed by atoms with van der Waals surface area (Å²) in [6.07, 6.45) is 0.556. The van der Waals surface area contributed by atoms with Gasteiger partial charge in [0.2, 0.25) is 0 Å². The zero-order chi connectivity index (χ0) is 14.3. The Hall–Kier alpha value is -2.10. The average Bonchev–Trinajstić information content (AvgIpc) is 2.39. The van der Waals surface area contributed by atoms with Crippen LogP contribution in [0.15, 0.2) is 46.6 Å². The van der Waals surface area contributed by atoms with Crippen molar-refractivity contribution in [3.63, 3.8) is 0 Å². The van der Waals surface area contributed by atoms with E-state index >= 15 is 0 Å². The molecule has 0 atom stereocenters. The third-order valence-electron chi connectivity index (χ3n) is 2.65. The number of ether oxygens (including phenoxy) is 1. The Morgan fingerprint density at radius 1 is 1.32 bits per heavy atom. The molecule has 102 valence electrons. The summed E-state index contributed by atoms with van der Waals surface area (Å²) in [5.74, 6) is -0.418. The summed E-state index contributed by atoms with van der Waals surface area (Å²) < 4.78 is 5.03. The van der Waals surface area contributed by atoms with E-state index in [4.69, 9.17) is 10.5 Å². The number of benzene rings is 1. The molecule has 0 aliphatic carbocycles. The molecule has 1 aromatic carbocycles. The van der Waals surface area contributed by atoms with Gasteiger partial charge in [0.15, 0.2) is 0 Å². The number of nitrogens with zero attached hydrogens (tertiary/aromatic N) is 1. The first-order valence-electron chi connectivity index (χ1n) is 6.23. The summed E-state index contributed by atoms with van der Waals surface area (Å²) in [6.45, 7) is 3.77. The third-order valence-corrected chi connectivity index (χ3v) is 2.65. The second-order valence-corrected chi connectivity index (χ2v) is 4.11. The van der Waals surface area contributed by atoms with E-state index in [0.29, 0.717) is 30.0 Å². The summed E-state index contributed by atoms with van der Waals surface area (Å²) in [4.78, 5) is 16.1. The van der Waals surface area contributed by atoms with Crippen molar-refractivity contribution in [2.75, 3.05) is 13.7 Å². The van der Waals surface area contributed by atoms with Gasteiger partial charge in [0.25, 0.3) is 0 Å². The van der Waals surface area contributed by atoms with Gasteiger partial charge in [-0.3, -0.25) is 4.99 Å². The average molecular weight is 260 g/mol. The highest BCUT2D eigenvalue weighted by atomic mass is 16.5. The molecule has 0 unspecified atom stereocenters. The van der Waals surface area contributed by atoms with Crippen LogP contribution in [0.5, 0.6) is 0 Å². The van der Waals surface area contributed by atoms with Gasteiger partial charge in [0.1, 0.15) is 0 Å². The van der Waals surface area contributed by atoms with Gasteiger partial charge in [-0.2, -0.15) is 0 Å². The monoisotopic (exact) mass is 260 g/mol. The van der Waals surface area contributed by atoms with Gasteiger partial charge in [0, 0.05) is 19.2 Å². The van der Waals surface area contributed by atoms with Gasteiger partial charge < -0.3 is 10.5 Å². The maximum Gasteiger partial charge on any atom is 0.341 e. The van der Waals surface area contributed by atoms with Crippen LogP contribution in [0, 0.1) is 0 Å². The number of carbonyl (C=O) groups excluding carboxylic acids is 1. The van der Waals surface area contributed by atoms with Crippen molar-refractivity contribution < 1.29 is 9.53 Å². The fourth-order valence-corrected chi connectivity index (χ4v) is 1.78. The topological polar surface area (TPSA) is 64.7 Å². The minimum atomic E-state index is -0.418. The summed E-state index contributed by atoms with van der Waals surface area (Å²) >= 11 is 0. The van der Waals surface area contributed by atoms with Crippen molar-refractivity contribution in [1.29, 1.82) is 0 Å². The van der Waals surface area contributed by atoms with Gasteiger partial charge in [-0.15, -0.1) is 0 Å². The van der Waals surface area contributed by atoms with E-state index in [0.717, 1.165) is 5.56 Å². The number of aliphatic imine (C=N–C) groups is 1. The molecule has 1 rings (SSSR count). The molecule has 0 aliphatic heterocycles. The molecule has 0 amide bonds. The summed E-state index contributed by atoms with van der Waals surface area (Å²) in [5.41, 5.74) is 8.31. The Balaban J connectivity index is 3.01. The van der Waals surface area contributed by atoms with Gasteiger partial charge in [-0.25, -0.2) is 4.79 Å². The van der Waals surface area contributed by atoms with Gasteiger partial charge in [-0.05, 0) is 19.4 Å². The van der Waals surface area contributed by atoms with E-state index in [2.05, 4.69) is 4.99 Å². The van der Waals surface area contributed by atoms with Crippen LogP contribution in [0.3, 0.4) is 0 Å². The SMILES string of the molecule is CCOC(=O)C(C(Cc1ccccc1)=NC)=C(C)N. The maximum atomic E-state index is 11.9. The summed E-state index contributed by atoms with van der Waals surface area (Å²) in [5, 5.41) is 0. The predicted molar refractivity (Wildman–Crippen MR) is 77.0 cm³/mol. The largest absolute Gasteiger partial charge is 0.462 e. The number of allylic oxidation sites excluding steroid dienone is 1. The van der Waals surface area contributed by atoms with Crippen molar-refractivity contribution in [2.45, 2.75) is 20.3 Å². The highest BCUT2D eigenvalue weighted by Crippen LogP contribution is 2.11. The van der Waals surface area contributed by atoms with Crippen molar-refractivity contribution in [3.05, 3.63) is 47.2 Å². The molecule has 0 radical (unpaired) electrons. The molecular weight excluding hydrogens is 240 g/mol. The molecule has 0 aromatic heterocycles. The normalized spacial score (nSPS) is 12.9. The molecule has 19 heavy (non-hydrogen) atoms. The van der Waals surface area contributed by atoms with Crippen LogP contribution in [0.2, 0.25) is 0 Å². The second kappa shape index (κ2) is 7.36. The number of hydrogen-bond donors (Lipinski definition) is 1. The molecule has 4 heteroatoms. The molecule has 0 saturated heterocycles. The highest BCUT2D eigenvalue weighted by Gasteiger charge is 2.19. The first kappa shape index (κ1) is 15.0. The highest BCUT2D eigenvalue weighted by molar-refractivity contribution is 6.20. The van der Waals surface area contributed by atoms with Gasteiger partial charge >= 0.3 is 5.97 Å². The van der Waals surface area contributed by atoms with Crippen molar-refractivity contribution in [2.24, 2.45) is 10.7 Å². The van der Waals surface area contributed by atoms with Crippen LogP contribution in [-0.2, 0) is 16.0 Å². The molecule has 0 heterocycles. The number of carbonyl (C=O) groups is 1.